The number of hydrogen-bond acceptors (Lipinski definition) is 4. The minimum absolute atomic E-state index is 0.185. The predicted molar refractivity (Wildman–Crippen MR) is 75.9 cm³/mol. The van der Waals surface area contributed by atoms with Crippen molar-refractivity contribution in [3.63, 3.8) is 0 Å². The van der Waals surface area contributed by atoms with Crippen LogP contribution in [0, 0.1) is 0 Å². The Morgan fingerprint density at radius 2 is 2.33 bits per heavy atom. The third kappa shape index (κ3) is 3.19. The van der Waals surface area contributed by atoms with Gasteiger partial charge in [0.2, 0.25) is 0 Å². The van der Waals surface area contributed by atoms with E-state index in [9.17, 15) is 0 Å². The van der Waals surface area contributed by atoms with Crippen LogP contribution in [0.1, 0.15) is 16.7 Å². The fourth-order valence-electron chi connectivity index (χ4n) is 1.86. The molecule has 18 heavy (non-hydrogen) atoms. The lowest BCUT2D eigenvalue weighted by Crippen LogP contribution is -2.31. The lowest BCUT2D eigenvalue weighted by Gasteiger charge is -2.19. The predicted octanol–water partition coefficient (Wildman–Crippen LogP) is 1.72. The Bertz CT molecular complexity index is 461. The molecule has 2 rings (SSSR count). The lowest BCUT2D eigenvalue weighted by atomic mass is 10.2. The van der Waals surface area contributed by atoms with E-state index in [1.54, 1.807) is 11.3 Å². The molecule has 0 aliphatic heterocycles. The van der Waals surface area contributed by atoms with Crippen molar-refractivity contribution in [3.8, 4) is 0 Å². The van der Waals surface area contributed by atoms with Crippen LogP contribution < -0.4 is 5.32 Å². The van der Waals surface area contributed by atoms with E-state index in [4.69, 9.17) is 0 Å². The highest BCUT2D eigenvalue weighted by molar-refractivity contribution is 7.10. The maximum atomic E-state index is 4.46. The van der Waals surface area contributed by atoms with Crippen molar-refractivity contribution in [1.29, 1.82) is 0 Å². The SMILES string of the molecule is CN(C)CCNC(c1cccs1)c1nccn1C. The molecule has 4 nitrogen and oxygen atoms in total. The number of nitrogens with one attached hydrogen (secondary N) is 1. The van der Waals surface area contributed by atoms with Gasteiger partial charge in [0.15, 0.2) is 0 Å². The Labute approximate surface area is 112 Å². The minimum Gasteiger partial charge on any atom is -0.336 e. The molecular weight excluding hydrogens is 244 g/mol. The average Bonchev–Trinajstić information content (AvgIpc) is 2.96. The maximum absolute atomic E-state index is 4.46. The van der Waals surface area contributed by atoms with Crippen LogP contribution >= 0.6 is 11.3 Å². The molecule has 2 heterocycles. The molecule has 0 aliphatic carbocycles. The smallest absolute Gasteiger partial charge is 0.131 e. The monoisotopic (exact) mass is 264 g/mol. The van der Waals surface area contributed by atoms with Gasteiger partial charge in [-0.2, -0.15) is 0 Å². The average molecular weight is 264 g/mol. The van der Waals surface area contributed by atoms with E-state index in [0.717, 1.165) is 18.9 Å². The van der Waals surface area contributed by atoms with Crippen LogP contribution in [0.15, 0.2) is 29.9 Å². The van der Waals surface area contributed by atoms with Crippen molar-refractivity contribution in [2.24, 2.45) is 7.05 Å². The molecule has 0 saturated heterocycles. The molecule has 2 aromatic rings. The third-order valence-electron chi connectivity index (χ3n) is 2.85. The second-order valence-electron chi connectivity index (χ2n) is 4.60. The first kappa shape index (κ1) is 13.3. The highest BCUT2D eigenvalue weighted by Gasteiger charge is 2.18. The Hall–Kier alpha value is -1.17. The molecule has 0 aromatic carbocycles. The van der Waals surface area contributed by atoms with Crippen molar-refractivity contribution in [3.05, 3.63) is 40.6 Å². The standard InChI is InChI=1S/C13H20N4S/c1-16(2)8-6-14-12(11-5-4-10-18-11)13-15-7-9-17(13)3/h4-5,7,9-10,12,14H,6,8H2,1-3H3. The molecule has 2 aromatic heterocycles. The number of thiophene rings is 1. The number of imidazole rings is 1. The molecule has 1 atom stereocenters. The van der Waals surface area contributed by atoms with E-state index in [-0.39, 0.29) is 6.04 Å². The Morgan fingerprint density at radius 1 is 1.50 bits per heavy atom. The number of aromatic nitrogens is 2. The largest absolute Gasteiger partial charge is 0.336 e. The quantitative estimate of drug-likeness (QED) is 0.862. The van der Waals surface area contributed by atoms with E-state index in [2.05, 4.69) is 51.4 Å². The topological polar surface area (TPSA) is 33.1 Å². The highest BCUT2D eigenvalue weighted by atomic mass is 32.1. The van der Waals surface area contributed by atoms with Gasteiger partial charge in [-0.05, 0) is 25.5 Å². The minimum atomic E-state index is 0.185. The van der Waals surface area contributed by atoms with Crippen molar-refractivity contribution in [2.45, 2.75) is 6.04 Å². The van der Waals surface area contributed by atoms with Gasteiger partial charge in [0, 0.05) is 37.4 Å². The van der Waals surface area contributed by atoms with Gasteiger partial charge in [-0.15, -0.1) is 11.3 Å². The second kappa shape index (κ2) is 6.13. The van der Waals surface area contributed by atoms with Gasteiger partial charge in [-0.1, -0.05) is 6.07 Å². The zero-order valence-corrected chi connectivity index (χ0v) is 11.9. The normalized spacial score (nSPS) is 13.1. The Balaban J connectivity index is 2.12. The Kier molecular flexibility index (Phi) is 4.52. The van der Waals surface area contributed by atoms with E-state index in [1.165, 1.54) is 4.88 Å². The van der Waals surface area contributed by atoms with Crippen LogP contribution in [0.4, 0.5) is 0 Å². The molecule has 1 unspecified atom stereocenters. The molecule has 98 valence electrons. The van der Waals surface area contributed by atoms with E-state index < -0.39 is 0 Å². The maximum Gasteiger partial charge on any atom is 0.131 e. The third-order valence-corrected chi connectivity index (χ3v) is 3.79. The van der Waals surface area contributed by atoms with Gasteiger partial charge in [0.25, 0.3) is 0 Å². The summed E-state index contributed by atoms with van der Waals surface area (Å²) in [5, 5.41) is 5.69. The van der Waals surface area contributed by atoms with Gasteiger partial charge < -0.3 is 14.8 Å². The summed E-state index contributed by atoms with van der Waals surface area (Å²) < 4.78 is 2.08. The van der Waals surface area contributed by atoms with Crippen LogP contribution in [0.2, 0.25) is 0 Å². The molecule has 0 saturated carbocycles. The van der Waals surface area contributed by atoms with Gasteiger partial charge >= 0.3 is 0 Å². The summed E-state index contributed by atoms with van der Waals surface area (Å²) >= 11 is 1.77. The fraction of sp³-hybridized carbons (Fsp3) is 0.462. The van der Waals surface area contributed by atoms with Gasteiger partial charge in [-0.3, -0.25) is 0 Å². The Morgan fingerprint density at radius 3 is 2.89 bits per heavy atom. The molecule has 0 fully saturated rings. The molecule has 0 bridgehead atoms. The number of likely N-dealkylation sites (N-methyl/N-ethyl adjacent to an activating group) is 1. The summed E-state index contributed by atoms with van der Waals surface area (Å²) in [4.78, 5) is 7.95. The summed E-state index contributed by atoms with van der Waals surface area (Å²) in [6, 6.07) is 4.43. The zero-order chi connectivity index (χ0) is 13.0. The number of hydrogen-bond donors (Lipinski definition) is 1. The van der Waals surface area contributed by atoms with Gasteiger partial charge in [0.1, 0.15) is 11.9 Å². The molecule has 0 radical (unpaired) electrons. The number of aryl methyl sites for hydroxylation is 1. The first-order chi connectivity index (χ1) is 8.68. The van der Waals surface area contributed by atoms with Gasteiger partial charge in [0.05, 0.1) is 0 Å². The molecule has 1 N–H and O–H groups in total. The summed E-state index contributed by atoms with van der Waals surface area (Å²) in [5.74, 6) is 1.07. The summed E-state index contributed by atoms with van der Waals surface area (Å²) in [5.41, 5.74) is 0. The molecule has 5 heteroatoms. The van der Waals surface area contributed by atoms with Crippen LogP contribution in [-0.2, 0) is 7.05 Å². The summed E-state index contributed by atoms with van der Waals surface area (Å²) in [7, 11) is 6.21. The molecule has 0 spiro atoms. The molecule has 0 aliphatic rings. The second-order valence-corrected chi connectivity index (χ2v) is 5.58. The zero-order valence-electron chi connectivity index (χ0n) is 11.1. The lowest BCUT2D eigenvalue weighted by molar-refractivity contribution is 0.390. The summed E-state index contributed by atoms with van der Waals surface area (Å²) in [6.07, 6.45) is 3.84. The van der Waals surface area contributed by atoms with E-state index in [1.807, 2.05) is 19.4 Å². The molecule has 0 amide bonds. The first-order valence-electron chi connectivity index (χ1n) is 6.07. The number of nitrogens with zero attached hydrogens (tertiary/aromatic N) is 3. The number of rotatable bonds is 6. The van der Waals surface area contributed by atoms with Crippen LogP contribution in [0.25, 0.3) is 0 Å². The van der Waals surface area contributed by atoms with Crippen LogP contribution in [0.5, 0.6) is 0 Å². The first-order valence-corrected chi connectivity index (χ1v) is 6.95. The van der Waals surface area contributed by atoms with Crippen LogP contribution in [0.3, 0.4) is 0 Å². The summed E-state index contributed by atoms with van der Waals surface area (Å²) in [6.45, 7) is 1.97. The van der Waals surface area contributed by atoms with E-state index in [0.29, 0.717) is 0 Å². The van der Waals surface area contributed by atoms with Crippen molar-refractivity contribution < 1.29 is 0 Å². The van der Waals surface area contributed by atoms with Crippen LogP contribution in [-0.4, -0.2) is 41.6 Å². The van der Waals surface area contributed by atoms with Crippen molar-refractivity contribution in [2.75, 3.05) is 27.2 Å². The van der Waals surface area contributed by atoms with Crippen molar-refractivity contribution in [1.82, 2.24) is 19.8 Å². The van der Waals surface area contributed by atoms with E-state index >= 15 is 0 Å². The fourth-order valence-corrected chi connectivity index (χ4v) is 2.66. The van der Waals surface area contributed by atoms with Gasteiger partial charge in [-0.25, -0.2) is 4.98 Å². The molecular formula is C13H20N4S. The highest BCUT2D eigenvalue weighted by Crippen LogP contribution is 2.24. The van der Waals surface area contributed by atoms with Crippen molar-refractivity contribution >= 4 is 11.3 Å².